The number of carbonyl (C=O) groups is 6. The SMILES string of the molecule is C=CCOC(=O)N1c2cc(OCCCC(=O)Nc3cc(C(=O)Nc4cc(C(=O)Oc5cn(C)c(C(=O)OCC)n5)n(C)c4)n(C)c3)c(OC)cc2C(=O)N2CCC[C@H]2C1OC1CCCCO1. The van der Waals surface area contributed by atoms with Crippen LogP contribution in [0.25, 0.3) is 0 Å². The van der Waals surface area contributed by atoms with Crippen molar-refractivity contribution in [2.45, 2.75) is 70.4 Å². The largest absolute Gasteiger partial charge is 0.493 e. The molecule has 0 radical (unpaired) electrons. The summed E-state index contributed by atoms with van der Waals surface area (Å²) in [5.74, 6) is -2.21. The molecule has 4 aromatic rings. The number of anilines is 3. The van der Waals surface area contributed by atoms with E-state index in [9.17, 15) is 28.8 Å². The van der Waals surface area contributed by atoms with Gasteiger partial charge in [-0.2, -0.15) is 4.98 Å². The van der Waals surface area contributed by atoms with Gasteiger partial charge in [-0.3, -0.25) is 14.4 Å². The van der Waals surface area contributed by atoms with Crippen LogP contribution in [0.1, 0.15) is 93.8 Å². The van der Waals surface area contributed by atoms with Crippen LogP contribution in [0.5, 0.6) is 17.4 Å². The van der Waals surface area contributed by atoms with Gasteiger partial charge in [0.05, 0.1) is 55.2 Å². The van der Waals surface area contributed by atoms with Crippen LogP contribution in [0.3, 0.4) is 0 Å². The normalized spacial score (nSPS) is 17.8. The van der Waals surface area contributed by atoms with Crippen molar-refractivity contribution in [3.63, 3.8) is 0 Å². The lowest BCUT2D eigenvalue weighted by molar-refractivity contribution is -0.195. The summed E-state index contributed by atoms with van der Waals surface area (Å²) in [5, 5.41) is 5.56. The third-order valence-electron chi connectivity index (χ3n) is 11.2. The fraction of sp³-hybridized carbons (Fsp3) is 0.444. The Morgan fingerprint density at radius 2 is 1.65 bits per heavy atom. The minimum Gasteiger partial charge on any atom is -0.493 e. The summed E-state index contributed by atoms with van der Waals surface area (Å²) in [5.41, 5.74) is 1.44. The van der Waals surface area contributed by atoms with Gasteiger partial charge in [-0.05, 0) is 63.6 Å². The summed E-state index contributed by atoms with van der Waals surface area (Å²) in [7, 11) is 6.26. The van der Waals surface area contributed by atoms with Gasteiger partial charge in [0.25, 0.3) is 11.8 Å². The lowest BCUT2D eigenvalue weighted by atomic mass is 10.1. The first-order valence-electron chi connectivity index (χ1n) is 21.7. The van der Waals surface area contributed by atoms with Gasteiger partial charge in [-0.15, -0.1) is 0 Å². The lowest BCUT2D eigenvalue weighted by Crippen LogP contribution is -2.54. The van der Waals surface area contributed by atoms with Crippen molar-refractivity contribution in [1.82, 2.24) is 23.6 Å². The highest BCUT2D eigenvalue weighted by Crippen LogP contribution is 2.42. The van der Waals surface area contributed by atoms with Crippen LogP contribution in [-0.2, 0) is 44.9 Å². The number of carbonyl (C=O) groups excluding carboxylic acids is 6. The summed E-state index contributed by atoms with van der Waals surface area (Å²) < 4.78 is 44.5. The van der Waals surface area contributed by atoms with Gasteiger partial charge in [-0.1, -0.05) is 12.7 Å². The molecule has 3 atom stereocenters. The maximum absolute atomic E-state index is 14.1. The smallest absolute Gasteiger partial charge is 0.416 e. The molecule has 3 aromatic heterocycles. The van der Waals surface area contributed by atoms with E-state index in [1.165, 1.54) is 51.7 Å². The van der Waals surface area contributed by atoms with Gasteiger partial charge in [0.15, 0.2) is 24.0 Å². The number of hydrogen-bond donors (Lipinski definition) is 2. The molecule has 3 aliphatic rings. The van der Waals surface area contributed by atoms with Crippen molar-refractivity contribution in [3.8, 4) is 17.4 Å². The van der Waals surface area contributed by atoms with E-state index < -0.39 is 42.5 Å². The number of hydrogen-bond acceptors (Lipinski definition) is 14. The van der Waals surface area contributed by atoms with E-state index in [1.54, 1.807) is 55.9 Å². The molecule has 2 fully saturated rings. The van der Waals surface area contributed by atoms with Crippen LogP contribution in [0.4, 0.5) is 21.9 Å². The summed E-state index contributed by atoms with van der Waals surface area (Å²) in [4.78, 5) is 86.7. The second-order valence-corrected chi connectivity index (χ2v) is 15.8. The predicted molar refractivity (Wildman–Crippen MR) is 236 cm³/mol. The molecule has 0 spiro atoms. The van der Waals surface area contributed by atoms with E-state index in [1.807, 2.05) is 0 Å². The molecule has 1 aromatic carbocycles. The first-order chi connectivity index (χ1) is 31.8. The number of nitrogens with zero attached hydrogens (tertiary/aromatic N) is 6. The minimum atomic E-state index is -0.913. The van der Waals surface area contributed by atoms with Crippen molar-refractivity contribution in [2.75, 3.05) is 55.6 Å². The summed E-state index contributed by atoms with van der Waals surface area (Å²) in [6, 6.07) is 5.59. The molecule has 66 heavy (non-hydrogen) atoms. The van der Waals surface area contributed by atoms with Gasteiger partial charge in [-0.25, -0.2) is 19.3 Å². The molecule has 4 amide bonds. The van der Waals surface area contributed by atoms with E-state index in [2.05, 4.69) is 22.2 Å². The minimum absolute atomic E-state index is 0.0326. The van der Waals surface area contributed by atoms with E-state index in [4.69, 9.17) is 33.2 Å². The van der Waals surface area contributed by atoms with Gasteiger partial charge >= 0.3 is 18.0 Å². The third kappa shape index (κ3) is 10.4. The molecule has 2 unspecified atom stereocenters. The average Bonchev–Trinajstić information content (AvgIpc) is 4.09. The number of rotatable bonds is 17. The third-order valence-corrected chi connectivity index (χ3v) is 11.2. The molecular formula is C45H54N8O13. The highest BCUT2D eigenvalue weighted by atomic mass is 16.7. The van der Waals surface area contributed by atoms with Crippen LogP contribution >= 0.6 is 0 Å². The topological polar surface area (TPSA) is 225 Å². The number of fused-ring (bicyclic) bond motifs is 2. The summed E-state index contributed by atoms with van der Waals surface area (Å²) in [6.07, 6.45) is 7.82. The monoisotopic (exact) mass is 914 g/mol. The zero-order valence-electron chi connectivity index (χ0n) is 37.5. The number of methoxy groups -OCH3 is 1. The van der Waals surface area contributed by atoms with Crippen LogP contribution in [-0.4, -0.2) is 118 Å². The molecule has 352 valence electrons. The fourth-order valence-corrected chi connectivity index (χ4v) is 8.07. The maximum atomic E-state index is 14.1. The molecule has 0 saturated carbocycles. The molecule has 21 heteroatoms. The van der Waals surface area contributed by atoms with E-state index in [-0.39, 0.29) is 90.3 Å². The number of imidazole rings is 1. The highest BCUT2D eigenvalue weighted by molar-refractivity contribution is 6.07. The Morgan fingerprint density at radius 3 is 2.38 bits per heavy atom. The Hall–Kier alpha value is -7.13. The van der Waals surface area contributed by atoms with Crippen molar-refractivity contribution < 1.29 is 61.9 Å². The first kappa shape index (κ1) is 46.9. The molecule has 0 bridgehead atoms. The number of benzene rings is 1. The summed E-state index contributed by atoms with van der Waals surface area (Å²) >= 11 is 0. The van der Waals surface area contributed by atoms with Gasteiger partial charge in [0.2, 0.25) is 17.6 Å². The highest BCUT2D eigenvalue weighted by Gasteiger charge is 2.48. The van der Waals surface area contributed by atoms with Crippen LogP contribution in [0.15, 0.2) is 55.5 Å². The van der Waals surface area contributed by atoms with Crippen molar-refractivity contribution in [3.05, 3.63) is 78.3 Å². The van der Waals surface area contributed by atoms with E-state index in [0.717, 1.165) is 19.3 Å². The maximum Gasteiger partial charge on any atom is 0.416 e. The van der Waals surface area contributed by atoms with E-state index in [0.29, 0.717) is 37.4 Å². The van der Waals surface area contributed by atoms with Crippen molar-refractivity contribution >= 4 is 52.8 Å². The first-order valence-corrected chi connectivity index (χ1v) is 21.7. The quantitative estimate of drug-likeness (QED) is 0.0793. The number of aryl methyl sites for hydroxylation is 3. The Morgan fingerprint density at radius 1 is 0.894 bits per heavy atom. The zero-order chi connectivity index (χ0) is 47.1. The molecule has 3 aliphatic heterocycles. The number of ether oxygens (including phenoxy) is 7. The van der Waals surface area contributed by atoms with E-state index >= 15 is 0 Å². The van der Waals surface area contributed by atoms with Gasteiger partial charge in [0, 0.05) is 59.2 Å². The zero-order valence-corrected chi connectivity index (χ0v) is 37.5. The molecule has 6 heterocycles. The Kier molecular flexibility index (Phi) is 14.8. The van der Waals surface area contributed by atoms with Crippen LogP contribution in [0, 0.1) is 0 Å². The van der Waals surface area contributed by atoms with Crippen LogP contribution < -0.4 is 29.7 Å². The van der Waals surface area contributed by atoms with Crippen molar-refractivity contribution in [2.24, 2.45) is 21.1 Å². The average molecular weight is 915 g/mol. The number of esters is 2. The second-order valence-electron chi connectivity index (χ2n) is 15.8. The number of nitrogens with one attached hydrogen (secondary N) is 2. The summed E-state index contributed by atoms with van der Waals surface area (Å²) in [6.45, 7) is 6.49. The standard InChI is InChI=1S/C45H54N8O13/c1-7-17-64-45(59)53-31-23-35(34(60-6)22-29(31)41(56)52-16-11-13-30(52)42(53)66-38-15-9-10-18-63-38)62-19-12-14-36(54)46-27-20-32(49(3)24-27)40(55)47-28-21-33(50(4)25-28)43(57)65-37-26-51(5)39(48-37)44(58)61-8-2/h7,20-26,30,38,42H,1,8-19H2,2-6H3,(H,46,54)(H,47,55)/t30-,38?,42?/m0/s1. The Bertz CT molecular complexity index is 2480. The Balaban J connectivity index is 0.971. The Labute approximate surface area is 380 Å². The number of aromatic nitrogens is 4. The molecule has 2 saturated heterocycles. The number of amides is 4. The van der Waals surface area contributed by atoms with Gasteiger partial charge < -0.3 is 62.4 Å². The van der Waals surface area contributed by atoms with Crippen LogP contribution in [0.2, 0.25) is 0 Å². The lowest BCUT2D eigenvalue weighted by Gasteiger charge is -2.38. The fourth-order valence-electron chi connectivity index (χ4n) is 8.07. The molecule has 2 N–H and O–H groups in total. The molecule has 21 nitrogen and oxygen atoms in total. The van der Waals surface area contributed by atoms with Crippen molar-refractivity contribution in [1.29, 1.82) is 0 Å². The molecular weight excluding hydrogens is 861 g/mol. The molecule has 0 aliphatic carbocycles. The molecule has 7 rings (SSSR count). The predicted octanol–water partition coefficient (Wildman–Crippen LogP) is 5.17. The van der Waals surface area contributed by atoms with Gasteiger partial charge in [0.1, 0.15) is 18.0 Å². The second kappa shape index (κ2) is 20.8.